The van der Waals surface area contributed by atoms with Crippen LogP contribution in [-0.4, -0.2) is 19.2 Å². The van der Waals surface area contributed by atoms with Crippen LogP contribution in [0.2, 0.25) is 0 Å². The topological polar surface area (TPSA) is 31.4 Å². The Hall–Kier alpha value is -3.07. The lowest BCUT2D eigenvalue weighted by Gasteiger charge is -2.10. The molecule has 0 saturated heterocycles. The smallest absolute Gasteiger partial charge is 0.162 e. The molecule has 1 aromatic heterocycles. The third-order valence-electron chi connectivity index (χ3n) is 4.58. The van der Waals surface area contributed by atoms with Crippen molar-refractivity contribution in [3.8, 4) is 33.9 Å². The second kappa shape index (κ2) is 6.10. The van der Waals surface area contributed by atoms with Gasteiger partial charge in [0.2, 0.25) is 0 Å². The maximum Gasteiger partial charge on any atom is 0.162 e. The minimum atomic E-state index is 0.689. The molecule has 3 nitrogen and oxygen atoms in total. The van der Waals surface area contributed by atoms with E-state index in [4.69, 9.17) is 14.5 Å². The first kappa shape index (κ1) is 15.5. The summed E-state index contributed by atoms with van der Waals surface area (Å²) in [6.07, 6.45) is 0. The fourth-order valence-electron chi connectivity index (χ4n) is 3.31. The number of ether oxygens (including phenoxy) is 2. The van der Waals surface area contributed by atoms with Gasteiger partial charge in [-0.1, -0.05) is 36.4 Å². The summed E-state index contributed by atoms with van der Waals surface area (Å²) >= 11 is 0. The van der Waals surface area contributed by atoms with E-state index >= 15 is 0 Å². The summed E-state index contributed by atoms with van der Waals surface area (Å²) in [5, 5.41) is 1.03. The number of nitrogens with zero attached hydrogens (tertiary/aromatic N) is 1. The summed E-state index contributed by atoms with van der Waals surface area (Å²) in [6, 6.07) is 20.7. The van der Waals surface area contributed by atoms with Gasteiger partial charge in [-0.15, -0.1) is 0 Å². The highest BCUT2D eigenvalue weighted by Crippen LogP contribution is 2.38. The third kappa shape index (κ3) is 2.58. The van der Waals surface area contributed by atoms with Crippen LogP contribution in [0, 0.1) is 6.92 Å². The zero-order chi connectivity index (χ0) is 17.4. The van der Waals surface area contributed by atoms with Crippen molar-refractivity contribution in [3.63, 3.8) is 0 Å². The summed E-state index contributed by atoms with van der Waals surface area (Å²) in [6.45, 7) is 2.14. The number of pyridine rings is 1. The summed E-state index contributed by atoms with van der Waals surface area (Å²) in [5.41, 5.74) is 6.74. The molecule has 0 radical (unpaired) electrons. The van der Waals surface area contributed by atoms with Gasteiger partial charge in [0.1, 0.15) is 0 Å². The maximum absolute atomic E-state index is 5.41. The largest absolute Gasteiger partial charge is 0.493 e. The monoisotopic (exact) mass is 329 g/mol. The Morgan fingerprint density at radius 1 is 0.720 bits per heavy atom. The molecule has 2 aromatic rings. The van der Waals surface area contributed by atoms with E-state index in [1.807, 2.05) is 18.2 Å². The Balaban J connectivity index is 1.91. The summed E-state index contributed by atoms with van der Waals surface area (Å²) < 4.78 is 10.8. The molecular formula is C22H19NO2. The van der Waals surface area contributed by atoms with Crippen molar-refractivity contribution in [2.24, 2.45) is 0 Å². The first-order valence-electron chi connectivity index (χ1n) is 8.23. The number of fused-ring (bicyclic) bond motifs is 2. The lowest BCUT2D eigenvalue weighted by molar-refractivity contribution is 0.356. The van der Waals surface area contributed by atoms with Gasteiger partial charge in [-0.2, -0.15) is 0 Å². The minimum Gasteiger partial charge on any atom is -0.493 e. The molecule has 2 aliphatic carbocycles. The Morgan fingerprint density at radius 2 is 1.44 bits per heavy atom. The Kier molecular flexibility index (Phi) is 3.77. The molecule has 1 heterocycles. The van der Waals surface area contributed by atoms with Crippen LogP contribution in [0.4, 0.5) is 0 Å². The lowest BCUT2D eigenvalue weighted by atomic mass is 10.1. The maximum atomic E-state index is 5.41. The van der Waals surface area contributed by atoms with Gasteiger partial charge in [-0.3, -0.25) is 0 Å². The average Bonchev–Trinajstić information content (AvgIpc) is 2.82. The molecule has 0 saturated carbocycles. The first-order chi connectivity index (χ1) is 12.2. The van der Waals surface area contributed by atoms with Crippen molar-refractivity contribution in [1.29, 1.82) is 0 Å². The zero-order valence-electron chi connectivity index (χ0n) is 14.5. The van der Waals surface area contributed by atoms with Gasteiger partial charge >= 0.3 is 0 Å². The molecule has 1 aromatic carbocycles. The highest BCUT2D eigenvalue weighted by molar-refractivity contribution is 5.91. The van der Waals surface area contributed by atoms with Gasteiger partial charge in [0, 0.05) is 17.0 Å². The molecule has 0 spiro atoms. The number of aryl methyl sites for hydroxylation is 1. The number of methoxy groups -OCH3 is 2. The predicted molar refractivity (Wildman–Crippen MR) is 102 cm³/mol. The SMILES string of the molecule is COc1cc2ccc(-c3cc(C)c4cccccc3-4)nc2cc1OC. The van der Waals surface area contributed by atoms with Gasteiger partial charge in [-0.05, 0) is 41.8 Å². The molecule has 124 valence electrons. The number of rotatable bonds is 3. The van der Waals surface area contributed by atoms with Crippen LogP contribution in [0.3, 0.4) is 0 Å². The summed E-state index contributed by atoms with van der Waals surface area (Å²) in [7, 11) is 3.28. The number of hydrogen-bond donors (Lipinski definition) is 0. The van der Waals surface area contributed by atoms with Crippen molar-refractivity contribution >= 4 is 10.9 Å². The molecule has 0 aliphatic heterocycles. The summed E-state index contributed by atoms with van der Waals surface area (Å²) in [5.74, 6) is 1.40. The molecule has 2 aliphatic rings. The van der Waals surface area contributed by atoms with Crippen LogP contribution in [0.1, 0.15) is 5.56 Å². The molecule has 3 heteroatoms. The quantitative estimate of drug-likeness (QED) is 0.509. The molecule has 0 atom stereocenters. The van der Waals surface area contributed by atoms with Crippen molar-refractivity contribution in [2.45, 2.75) is 6.92 Å². The van der Waals surface area contributed by atoms with E-state index in [1.165, 1.54) is 16.7 Å². The molecule has 4 rings (SSSR count). The highest BCUT2D eigenvalue weighted by Gasteiger charge is 2.15. The van der Waals surface area contributed by atoms with E-state index in [-0.39, 0.29) is 0 Å². The lowest BCUT2D eigenvalue weighted by Crippen LogP contribution is -1.92. The fourth-order valence-corrected chi connectivity index (χ4v) is 3.31. The van der Waals surface area contributed by atoms with Gasteiger partial charge in [0.15, 0.2) is 11.5 Å². The van der Waals surface area contributed by atoms with E-state index in [1.54, 1.807) is 14.2 Å². The van der Waals surface area contributed by atoms with Gasteiger partial charge < -0.3 is 9.47 Å². The fraction of sp³-hybridized carbons (Fsp3) is 0.136. The first-order valence-corrected chi connectivity index (χ1v) is 8.23. The number of benzene rings is 1. The molecule has 0 N–H and O–H groups in total. The van der Waals surface area contributed by atoms with Crippen LogP contribution in [0.15, 0.2) is 60.7 Å². The Bertz CT molecular complexity index is 1040. The van der Waals surface area contributed by atoms with Crippen LogP contribution < -0.4 is 9.47 Å². The van der Waals surface area contributed by atoms with Gasteiger partial charge in [0.05, 0.1) is 25.4 Å². The van der Waals surface area contributed by atoms with E-state index in [0.717, 1.165) is 22.2 Å². The molecule has 0 fully saturated rings. The van der Waals surface area contributed by atoms with E-state index in [9.17, 15) is 0 Å². The molecule has 25 heavy (non-hydrogen) atoms. The van der Waals surface area contributed by atoms with Crippen LogP contribution in [-0.2, 0) is 0 Å². The van der Waals surface area contributed by atoms with Crippen LogP contribution in [0.25, 0.3) is 33.3 Å². The number of aromatic nitrogens is 1. The molecule has 0 bridgehead atoms. The molecule has 0 amide bonds. The average molecular weight is 329 g/mol. The second-order valence-corrected chi connectivity index (χ2v) is 6.08. The Labute approximate surface area is 147 Å². The van der Waals surface area contributed by atoms with Gasteiger partial charge in [0.25, 0.3) is 0 Å². The van der Waals surface area contributed by atoms with E-state index in [0.29, 0.717) is 11.5 Å². The van der Waals surface area contributed by atoms with Crippen molar-refractivity contribution in [1.82, 2.24) is 4.98 Å². The predicted octanol–water partition coefficient (Wildman–Crippen LogP) is 5.33. The van der Waals surface area contributed by atoms with Crippen molar-refractivity contribution in [3.05, 3.63) is 66.2 Å². The van der Waals surface area contributed by atoms with Gasteiger partial charge in [-0.25, -0.2) is 4.98 Å². The third-order valence-corrected chi connectivity index (χ3v) is 4.58. The second-order valence-electron chi connectivity index (χ2n) is 6.08. The van der Waals surface area contributed by atoms with Crippen LogP contribution in [0.5, 0.6) is 11.5 Å². The molecular weight excluding hydrogens is 310 g/mol. The normalized spacial score (nSPS) is 11.0. The Morgan fingerprint density at radius 3 is 2.20 bits per heavy atom. The zero-order valence-corrected chi connectivity index (χ0v) is 14.5. The van der Waals surface area contributed by atoms with Crippen molar-refractivity contribution < 1.29 is 9.47 Å². The summed E-state index contributed by atoms with van der Waals surface area (Å²) in [4.78, 5) is 4.88. The highest BCUT2D eigenvalue weighted by atomic mass is 16.5. The van der Waals surface area contributed by atoms with E-state index in [2.05, 4.69) is 49.4 Å². The van der Waals surface area contributed by atoms with E-state index < -0.39 is 0 Å². The molecule has 0 unspecified atom stereocenters. The standard InChI is InChI=1S/C22H19NO2/c1-14-11-18(17-8-6-4-5-7-16(14)17)19-10-9-15-12-21(24-2)22(25-3)13-20(15)23-19/h4-13H,1-3H3. The van der Waals surface area contributed by atoms with Crippen LogP contribution >= 0.6 is 0 Å². The number of hydrogen-bond acceptors (Lipinski definition) is 3. The van der Waals surface area contributed by atoms with Crippen molar-refractivity contribution in [2.75, 3.05) is 14.2 Å². The minimum absolute atomic E-state index is 0.689.